The average Bonchev–Trinajstić information content (AvgIpc) is 2.65. The van der Waals surface area contributed by atoms with Crippen LogP contribution in [0, 0.1) is 0 Å². The van der Waals surface area contributed by atoms with Crippen LogP contribution in [0.15, 0.2) is 18.9 Å². The Bertz CT molecular complexity index is 328. The van der Waals surface area contributed by atoms with Crippen LogP contribution < -0.4 is 5.32 Å². The molecule has 1 aromatic rings. The molecule has 0 aromatic carbocycles. The molecule has 0 saturated carbocycles. The zero-order chi connectivity index (χ0) is 12.0. The van der Waals surface area contributed by atoms with Gasteiger partial charge >= 0.3 is 0 Å². The highest BCUT2D eigenvalue weighted by Gasteiger charge is 2.15. The van der Waals surface area contributed by atoms with Gasteiger partial charge < -0.3 is 5.32 Å². The molecule has 1 atom stereocenters. The third-order valence-electron chi connectivity index (χ3n) is 2.69. The molecule has 0 fully saturated rings. The summed E-state index contributed by atoms with van der Waals surface area (Å²) in [6.45, 7) is 9.20. The standard InChI is InChI=1S/C13H23N3/c1-5-8-13(14-9-6-2)11-10-16(4)15-12(11)7-3/h5,10,13-14H,1,6-9H2,2-4H3. The molecule has 1 aromatic heterocycles. The third kappa shape index (κ3) is 3.20. The molecule has 16 heavy (non-hydrogen) atoms. The average molecular weight is 221 g/mol. The summed E-state index contributed by atoms with van der Waals surface area (Å²) in [7, 11) is 1.98. The molecule has 90 valence electrons. The van der Waals surface area contributed by atoms with E-state index in [2.05, 4.69) is 37.0 Å². The van der Waals surface area contributed by atoms with Crippen molar-refractivity contribution in [2.24, 2.45) is 7.05 Å². The summed E-state index contributed by atoms with van der Waals surface area (Å²) in [5.74, 6) is 0. The van der Waals surface area contributed by atoms with E-state index in [0.29, 0.717) is 6.04 Å². The van der Waals surface area contributed by atoms with Crippen molar-refractivity contribution in [2.45, 2.75) is 39.2 Å². The first-order chi connectivity index (χ1) is 7.72. The Hall–Kier alpha value is -1.09. The van der Waals surface area contributed by atoms with Gasteiger partial charge in [0.25, 0.3) is 0 Å². The summed E-state index contributed by atoms with van der Waals surface area (Å²) >= 11 is 0. The highest BCUT2D eigenvalue weighted by molar-refractivity contribution is 5.22. The Morgan fingerprint density at radius 1 is 1.56 bits per heavy atom. The van der Waals surface area contributed by atoms with Gasteiger partial charge in [0.05, 0.1) is 5.69 Å². The number of nitrogens with zero attached hydrogens (tertiary/aromatic N) is 2. The summed E-state index contributed by atoms with van der Waals surface area (Å²) in [5, 5.41) is 8.03. The third-order valence-corrected chi connectivity index (χ3v) is 2.69. The highest BCUT2D eigenvalue weighted by atomic mass is 15.3. The van der Waals surface area contributed by atoms with Crippen molar-refractivity contribution in [2.75, 3.05) is 6.54 Å². The summed E-state index contributed by atoms with van der Waals surface area (Å²) in [6, 6.07) is 0.362. The van der Waals surface area contributed by atoms with Crippen LogP contribution in [0.25, 0.3) is 0 Å². The van der Waals surface area contributed by atoms with Crippen molar-refractivity contribution < 1.29 is 0 Å². The van der Waals surface area contributed by atoms with Crippen LogP contribution in [-0.2, 0) is 13.5 Å². The van der Waals surface area contributed by atoms with Crippen LogP contribution in [-0.4, -0.2) is 16.3 Å². The maximum Gasteiger partial charge on any atom is 0.0669 e. The minimum atomic E-state index is 0.362. The van der Waals surface area contributed by atoms with E-state index in [1.54, 1.807) is 0 Å². The number of hydrogen-bond donors (Lipinski definition) is 1. The monoisotopic (exact) mass is 221 g/mol. The molecule has 0 bridgehead atoms. The predicted molar refractivity (Wildman–Crippen MR) is 68.4 cm³/mol. The number of nitrogens with one attached hydrogen (secondary N) is 1. The molecule has 0 amide bonds. The van der Waals surface area contributed by atoms with Crippen LogP contribution in [0.1, 0.15) is 44.0 Å². The Labute approximate surface area is 98.5 Å². The first-order valence-corrected chi connectivity index (χ1v) is 6.09. The molecule has 3 heteroatoms. The number of rotatable bonds is 7. The van der Waals surface area contributed by atoms with Crippen molar-refractivity contribution in [1.82, 2.24) is 15.1 Å². The van der Waals surface area contributed by atoms with Gasteiger partial charge in [-0.3, -0.25) is 4.68 Å². The largest absolute Gasteiger partial charge is 0.310 e. The molecule has 0 aliphatic rings. The van der Waals surface area contributed by atoms with Crippen molar-refractivity contribution in [3.05, 3.63) is 30.1 Å². The normalized spacial score (nSPS) is 12.7. The second-order valence-corrected chi connectivity index (χ2v) is 4.09. The fourth-order valence-electron chi connectivity index (χ4n) is 1.92. The summed E-state index contributed by atoms with van der Waals surface area (Å²) < 4.78 is 1.90. The van der Waals surface area contributed by atoms with Crippen LogP contribution in [0.2, 0.25) is 0 Å². The van der Waals surface area contributed by atoms with Gasteiger partial charge in [0.2, 0.25) is 0 Å². The SMILES string of the molecule is C=CCC(NCCC)c1cn(C)nc1CC. The molecule has 0 aliphatic heterocycles. The Kier molecular flexibility index (Phi) is 5.26. The van der Waals surface area contributed by atoms with Gasteiger partial charge in [-0.2, -0.15) is 5.10 Å². The van der Waals surface area contributed by atoms with E-state index in [4.69, 9.17) is 0 Å². The molecule has 0 spiro atoms. The van der Waals surface area contributed by atoms with Gasteiger partial charge in [0.1, 0.15) is 0 Å². The van der Waals surface area contributed by atoms with Crippen LogP contribution >= 0.6 is 0 Å². The fraction of sp³-hybridized carbons (Fsp3) is 0.615. The lowest BCUT2D eigenvalue weighted by Gasteiger charge is -2.16. The van der Waals surface area contributed by atoms with Gasteiger partial charge in [-0.15, -0.1) is 6.58 Å². The van der Waals surface area contributed by atoms with Crippen molar-refractivity contribution >= 4 is 0 Å². The summed E-state index contributed by atoms with van der Waals surface area (Å²) in [5.41, 5.74) is 2.51. The van der Waals surface area contributed by atoms with Crippen LogP contribution in [0.5, 0.6) is 0 Å². The minimum Gasteiger partial charge on any atom is -0.310 e. The number of aryl methyl sites for hydroxylation is 2. The van der Waals surface area contributed by atoms with Crippen molar-refractivity contribution in [3.63, 3.8) is 0 Å². The lowest BCUT2D eigenvalue weighted by Crippen LogP contribution is -2.22. The summed E-state index contributed by atoms with van der Waals surface area (Å²) in [4.78, 5) is 0. The zero-order valence-corrected chi connectivity index (χ0v) is 10.7. The smallest absolute Gasteiger partial charge is 0.0669 e. The molecule has 0 aliphatic carbocycles. The van der Waals surface area contributed by atoms with E-state index in [1.807, 2.05) is 17.8 Å². The van der Waals surface area contributed by atoms with E-state index in [9.17, 15) is 0 Å². The first-order valence-electron chi connectivity index (χ1n) is 6.09. The fourth-order valence-corrected chi connectivity index (χ4v) is 1.92. The Morgan fingerprint density at radius 2 is 2.31 bits per heavy atom. The second kappa shape index (κ2) is 6.48. The van der Waals surface area contributed by atoms with Crippen molar-refractivity contribution in [3.8, 4) is 0 Å². The van der Waals surface area contributed by atoms with Crippen LogP contribution in [0.3, 0.4) is 0 Å². The molecule has 1 N–H and O–H groups in total. The molecule has 0 radical (unpaired) electrons. The second-order valence-electron chi connectivity index (χ2n) is 4.09. The maximum absolute atomic E-state index is 4.48. The molecule has 1 rings (SSSR count). The Morgan fingerprint density at radius 3 is 2.88 bits per heavy atom. The number of aromatic nitrogens is 2. The Balaban J connectivity index is 2.85. The first kappa shape index (κ1) is 13.0. The quantitative estimate of drug-likeness (QED) is 0.717. The maximum atomic E-state index is 4.48. The molecule has 3 nitrogen and oxygen atoms in total. The predicted octanol–water partition coefficient (Wildman–Crippen LogP) is 2.60. The minimum absolute atomic E-state index is 0.362. The van der Waals surface area contributed by atoms with Crippen molar-refractivity contribution in [1.29, 1.82) is 0 Å². The molecule has 0 saturated heterocycles. The van der Waals surface area contributed by atoms with Gasteiger partial charge in [0, 0.05) is 24.8 Å². The summed E-state index contributed by atoms with van der Waals surface area (Å²) in [6.07, 6.45) is 7.18. The lowest BCUT2D eigenvalue weighted by molar-refractivity contribution is 0.533. The van der Waals surface area contributed by atoms with E-state index < -0.39 is 0 Å². The topological polar surface area (TPSA) is 29.9 Å². The van der Waals surface area contributed by atoms with Gasteiger partial charge in [-0.05, 0) is 25.8 Å². The zero-order valence-electron chi connectivity index (χ0n) is 10.7. The molecule has 1 unspecified atom stereocenters. The van der Waals surface area contributed by atoms with Gasteiger partial charge in [0.15, 0.2) is 0 Å². The van der Waals surface area contributed by atoms with E-state index in [-0.39, 0.29) is 0 Å². The highest BCUT2D eigenvalue weighted by Crippen LogP contribution is 2.21. The van der Waals surface area contributed by atoms with E-state index in [0.717, 1.165) is 25.8 Å². The van der Waals surface area contributed by atoms with Crippen LogP contribution in [0.4, 0.5) is 0 Å². The lowest BCUT2D eigenvalue weighted by atomic mass is 10.0. The van der Waals surface area contributed by atoms with E-state index >= 15 is 0 Å². The number of hydrogen-bond acceptors (Lipinski definition) is 2. The van der Waals surface area contributed by atoms with Gasteiger partial charge in [-0.25, -0.2) is 0 Å². The van der Waals surface area contributed by atoms with E-state index in [1.165, 1.54) is 11.3 Å². The molecular weight excluding hydrogens is 198 g/mol. The van der Waals surface area contributed by atoms with Gasteiger partial charge in [-0.1, -0.05) is 19.9 Å². The molecular formula is C13H23N3. The molecule has 1 heterocycles.